The molecule has 31 heavy (non-hydrogen) atoms. The van der Waals surface area contributed by atoms with Gasteiger partial charge in [0.15, 0.2) is 0 Å². The second kappa shape index (κ2) is 8.61. The Morgan fingerprint density at radius 2 is 1.68 bits per heavy atom. The molecule has 0 radical (unpaired) electrons. The van der Waals surface area contributed by atoms with Gasteiger partial charge in [-0.25, -0.2) is 0 Å². The van der Waals surface area contributed by atoms with E-state index in [9.17, 15) is 23.1 Å². The van der Waals surface area contributed by atoms with E-state index in [0.717, 1.165) is 37.4 Å². The van der Waals surface area contributed by atoms with Crippen LogP contribution in [0.5, 0.6) is 0 Å². The molecule has 0 atom stereocenters. The molecule has 2 saturated carbocycles. The van der Waals surface area contributed by atoms with Gasteiger partial charge in [0.25, 0.3) is 5.91 Å². The molecule has 1 N–H and O–H groups in total. The third-order valence-corrected chi connectivity index (χ3v) is 6.74. The number of benzene rings is 1. The Morgan fingerprint density at radius 3 is 2.26 bits per heavy atom. The second-order valence-electron chi connectivity index (χ2n) is 8.69. The summed E-state index contributed by atoms with van der Waals surface area (Å²) < 4.78 is 40.5. The number of carbonyl (C=O) groups excluding carboxylic acids is 1. The summed E-state index contributed by atoms with van der Waals surface area (Å²) in [4.78, 5) is 19.6. The van der Waals surface area contributed by atoms with Gasteiger partial charge in [-0.1, -0.05) is 18.2 Å². The molecule has 0 saturated heterocycles. The van der Waals surface area contributed by atoms with Gasteiger partial charge in [0.2, 0.25) is 0 Å². The van der Waals surface area contributed by atoms with Crippen molar-refractivity contribution in [1.82, 2.24) is 9.88 Å². The number of hydrogen-bond acceptors (Lipinski definition) is 3. The average Bonchev–Trinajstić information content (AvgIpc) is 3.60. The number of aliphatic hydroxyl groups excluding tert-OH is 1. The SMILES string of the molecule is O=C(c1ccccc1C(F)(F)F)N(C1CC1)C1CCC(CCO)(c2ccccn2)CC1. The molecule has 0 unspecified atom stereocenters. The summed E-state index contributed by atoms with van der Waals surface area (Å²) in [5.41, 5.74) is -0.452. The molecule has 1 amide bonds. The molecule has 2 aliphatic carbocycles. The van der Waals surface area contributed by atoms with Crippen LogP contribution in [0.2, 0.25) is 0 Å². The molecular formula is C24H27F3N2O2. The molecule has 1 aromatic heterocycles. The van der Waals surface area contributed by atoms with Gasteiger partial charge in [0.05, 0.1) is 11.1 Å². The van der Waals surface area contributed by atoms with Crippen molar-refractivity contribution in [1.29, 1.82) is 0 Å². The fourth-order valence-corrected chi connectivity index (χ4v) is 5.00. The summed E-state index contributed by atoms with van der Waals surface area (Å²) in [7, 11) is 0. The van der Waals surface area contributed by atoms with Crippen LogP contribution in [0.15, 0.2) is 48.7 Å². The first-order valence-corrected chi connectivity index (χ1v) is 10.9. The van der Waals surface area contributed by atoms with Crippen molar-refractivity contribution in [3.8, 4) is 0 Å². The number of rotatable bonds is 6. The van der Waals surface area contributed by atoms with Crippen molar-refractivity contribution >= 4 is 5.91 Å². The maximum absolute atomic E-state index is 13.5. The number of carbonyl (C=O) groups is 1. The molecule has 4 nitrogen and oxygen atoms in total. The highest BCUT2D eigenvalue weighted by Crippen LogP contribution is 2.45. The van der Waals surface area contributed by atoms with Gasteiger partial charge in [-0.15, -0.1) is 0 Å². The lowest BCUT2D eigenvalue weighted by Crippen LogP contribution is -2.47. The first-order chi connectivity index (χ1) is 14.9. The van der Waals surface area contributed by atoms with E-state index >= 15 is 0 Å². The van der Waals surface area contributed by atoms with Crippen LogP contribution in [-0.2, 0) is 11.6 Å². The molecule has 1 aromatic carbocycles. The molecule has 0 aliphatic heterocycles. The lowest BCUT2D eigenvalue weighted by Gasteiger charge is -2.43. The summed E-state index contributed by atoms with van der Waals surface area (Å²) in [5, 5.41) is 9.66. The van der Waals surface area contributed by atoms with Crippen molar-refractivity contribution in [2.45, 2.75) is 68.6 Å². The van der Waals surface area contributed by atoms with Crippen LogP contribution in [0.1, 0.15) is 66.6 Å². The molecule has 2 aliphatic rings. The molecule has 0 spiro atoms. The summed E-state index contributed by atoms with van der Waals surface area (Å²) >= 11 is 0. The Balaban J connectivity index is 1.57. The van der Waals surface area contributed by atoms with Crippen LogP contribution in [-0.4, -0.2) is 39.6 Å². The fourth-order valence-electron chi connectivity index (χ4n) is 5.00. The van der Waals surface area contributed by atoms with Crippen LogP contribution in [0.3, 0.4) is 0 Å². The van der Waals surface area contributed by atoms with Crippen molar-refractivity contribution in [2.24, 2.45) is 0 Å². The summed E-state index contributed by atoms with van der Waals surface area (Å²) in [6.45, 7) is 0.0471. The van der Waals surface area contributed by atoms with Gasteiger partial charge in [-0.05, 0) is 69.2 Å². The highest BCUT2D eigenvalue weighted by molar-refractivity contribution is 5.96. The molecule has 1 heterocycles. The van der Waals surface area contributed by atoms with Crippen LogP contribution < -0.4 is 0 Å². The predicted octanol–water partition coefficient (Wildman–Crippen LogP) is 4.97. The van der Waals surface area contributed by atoms with Gasteiger partial charge in [0, 0.05) is 36.0 Å². The van der Waals surface area contributed by atoms with Crippen molar-refractivity contribution in [3.05, 3.63) is 65.5 Å². The topological polar surface area (TPSA) is 53.4 Å². The molecular weight excluding hydrogens is 405 g/mol. The molecule has 0 bridgehead atoms. The maximum Gasteiger partial charge on any atom is 0.417 e. The van der Waals surface area contributed by atoms with Gasteiger partial charge >= 0.3 is 6.18 Å². The van der Waals surface area contributed by atoms with E-state index in [1.165, 1.54) is 18.2 Å². The van der Waals surface area contributed by atoms with E-state index in [0.29, 0.717) is 19.3 Å². The zero-order chi connectivity index (χ0) is 22.1. The average molecular weight is 432 g/mol. The summed E-state index contributed by atoms with van der Waals surface area (Å²) in [6, 6.07) is 10.7. The number of nitrogens with zero attached hydrogens (tertiary/aromatic N) is 2. The van der Waals surface area contributed by atoms with Crippen LogP contribution in [0.4, 0.5) is 13.2 Å². The number of aromatic nitrogens is 1. The lowest BCUT2D eigenvalue weighted by atomic mass is 9.68. The number of alkyl halides is 3. The van der Waals surface area contributed by atoms with Gasteiger partial charge in [-0.2, -0.15) is 13.2 Å². The largest absolute Gasteiger partial charge is 0.417 e. The number of pyridine rings is 1. The van der Waals surface area contributed by atoms with E-state index in [1.807, 2.05) is 18.2 Å². The summed E-state index contributed by atoms with van der Waals surface area (Å²) in [5.74, 6) is -0.520. The van der Waals surface area contributed by atoms with E-state index in [-0.39, 0.29) is 29.7 Å². The quantitative estimate of drug-likeness (QED) is 0.701. The fraction of sp³-hybridized carbons (Fsp3) is 0.500. The molecule has 2 fully saturated rings. The standard InChI is InChI=1S/C24H27F3N2O2/c25-24(26,27)20-6-2-1-5-19(20)22(31)29(17-8-9-17)18-10-12-23(13-11-18,14-16-30)21-7-3-4-15-28-21/h1-7,15,17-18,30H,8-14,16H2. The van der Waals surface area contributed by atoms with Crippen molar-refractivity contribution in [3.63, 3.8) is 0 Å². The first-order valence-electron chi connectivity index (χ1n) is 10.9. The number of aliphatic hydroxyl groups is 1. The third-order valence-electron chi connectivity index (χ3n) is 6.74. The first kappa shape index (κ1) is 21.8. The van der Waals surface area contributed by atoms with Gasteiger partial charge < -0.3 is 10.0 Å². The second-order valence-corrected chi connectivity index (χ2v) is 8.69. The van der Waals surface area contributed by atoms with Gasteiger partial charge in [-0.3, -0.25) is 9.78 Å². The Kier molecular flexibility index (Phi) is 6.06. The van der Waals surface area contributed by atoms with Crippen LogP contribution in [0.25, 0.3) is 0 Å². The Morgan fingerprint density at radius 1 is 1.03 bits per heavy atom. The lowest BCUT2D eigenvalue weighted by molar-refractivity contribution is -0.138. The molecule has 2 aromatic rings. The number of amides is 1. The maximum atomic E-state index is 13.5. The van der Waals surface area contributed by atoms with Crippen LogP contribution >= 0.6 is 0 Å². The van der Waals surface area contributed by atoms with Crippen molar-refractivity contribution < 1.29 is 23.1 Å². The molecule has 7 heteroatoms. The van der Waals surface area contributed by atoms with Crippen LogP contribution in [0, 0.1) is 0 Å². The van der Waals surface area contributed by atoms with E-state index < -0.39 is 17.6 Å². The highest BCUT2D eigenvalue weighted by atomic mass is 19.4. The predicted molar refractivity (Wildman–Crippen MR) is 111 cm³/mol. The minimum Gasteiger partial charge on any atom is -0.396 e. The third kappa shape index (κ3) is 4.47. The minimum atomic E-state index is -4.57. The van der Waals surface area contributed by atoms with E-state index in [2.05, 4.69) is 4.98 Å². The minimum absolute atomic E-state index is 0.0129. The smallest absolute Gasteiger partial charge is 0.396 e. The molecule has 166 valence electrons. The Bertz CT molecular complexity index is 905. The monoisotopic (exact) mass is 432 g/mol. The highest BCUT2D eigenvalue weighted by Gasteiger charge is 2.45. The Labute approximate surface area is 180 Å². The zero-order valence-corrected chi connectivity index (χ0v) is 17.3. The zero-order valence-electron chi connectivity index (χ0n) is 17.3. The molecule has 4 rings (SSSR count). The van der Waals surface area contributed by atoms with Gasteiger partial charge in [0.1, 0.15) is 0 Å². The van der Waals surface area contributed by atoms with Crippen molar-refractivity contribution in [2.75, 3.05) is 6.61 Å². The normalized spacial score (nSPS) is 24.1. The number of hydrogen-bond donors (Lipinski definition) is 1. The number of halogens is 3. The van der Waals surface area contributed by atoms with E-state index in [1.54, 1.807) is 11.1 Å². The Hall–Kier alpha value is -2.41. The summed E-state index contributed by atoms with van der Waals surface area (Å²) in [6.07, 6.45) is 2.29. The van der Waals surface area contributed by atoms with E-state index in [4.69, 9.17) is 0 Å².